The van der Waals surface area contributed by atoms with Crippen LogP contribution in [0.15, 0.2) is 35.8 Å². The Kier molecular flexibility index (Phi) is 5.99. The maximum atomic E-state index is 5.45. The zero-order valence-electron chi connectivity index (χ0n) is 15.7. The van der Waals surface area contributed by atoms with Gasteiger partial charge in [-0.05, 0) is 36.6 Å². The summed E-state index contributed by atoms with van der Waals surface area (Å²) in [6.07, 6.45) is 6.53. The summed E-state index contributed by atoms with van der Waals surface area (Å²) in [5.74, 6) is 2.52. The van der Waals surface area contributed by atoms with E-state index < -0.39 is 0 Å². The van der Waals surface area contributed by atoms with Gasteiger partial charge in [0.15, 0.2) is 17.5 Å². The highest BCUT2D eigenvalue weighted by atomic mass is 16.5. The van der Waals surface area contributed by atoms with Gasteiger partial charge in [0, 0.05) is 38.6 Å². The number of nitrogens with zero attached hydrogens (tertiary/aromatic N) is 4. The lowest BCUT2D eigenvalue weighted by atomic mass is 9.99. The minimum Gasteiger partial charge on any atom is -0.493 e. The molecule has 140 valence electrons. The second kappa shape index (κ2) is 8.60. The van der Waals surface area contributed by atoms with Crippen molar-refractivity contribution < 1.29 is 9.47 Å². The van der Waals surface area contributed by atoms with Crippen molar-refractivity contribution in [2.24, 2.45) is 4.99 Å². The number of guanidine groups is 1. The summed E-state index contributed by atoms with van der Waals surface area (Å²) < 4.78 is 12.9. The number of imidazole rings is 1. The Morgan fingerprint density at radius 2 is 2.00 bits per heavy atom. The maximum Gasteiger partial charge on any atom is 0.194 e. The smallest absolute Gasteiger partial charge is 0.194 e. The first-order valence-electron chi connectivity index (χ1n) is 8.98. The molecular formula is C19H27N5O2. The van der Waals surface area contributed by atoms with Crippen LogP contribution in [0.5, 0.6) is 11.5 Å². The molecule has 0 bridgehead atoms. The lowest BCUT2D eigenvalue weighted by Crippen LogP contribution is -2.44. The molecule has 0 fully saturated rings. The van der Waals surface area contributed by atoms with Crippen LogP contribution < -0.4 is 14.8 Å². The van der Waals surface area contributed by atoms with E-state index in [-0.39, 0.29) is 0 Å². The van der Waals surface area contributed by atoms with Crippen molar-refractivity contribution in [1.29, 1.82) is 0 Å². The molecule has 0 saturated heterocycles. The fourth-order valence-corrected chi connectivity index (χ4v) is 3.18. The normalized spacial score (nSPS) is 14.1. The van der Waals surface area contributed by atoms with Crippen LogP contribution in [0, 0.1) is 0 Å². The van der Waals surface area contributed by atoms with Crippen LogP contribution in [0.3, 0.4) is 0 Å². The quantitative estimate of drug-likeness (QED) is 0.632. The van der Waals surface area contributed by atoms with Crippen LogP contribution in [-0.4, -0.2) is 54.3 Å². The molecule has 7 heteroatoms. The van der Waals surface area contributed by atoms with Gasteiger partial charge in [-0.15, -0.1) is 0 Å². The number of hydrogen-bond donors (Lipinski definition) is 1. The van der Waals surface area contributed by atoms with Gasteiger partial charge in [0.25, 0.3) is 0 Å². The van der Waals surface area contributed by atoms with Gasteiger partial charge in [-0.3, -0.25) is 4.99 Å². The van der Waals surface area contributed by atoms with E-state index >= 15 is 0 Å². The third kappa shape index (κ3) is 4.09. The first-order chi connectivity index (χ1) is 12.7. The van der Waals surface area contributed by atoms with Gasteiger partial charge in [-0.25, -0.2) is 4.98 Å². The first kappa shape index (κ1) is 18.1. The standard InChI is InChI=1S/C19H27N5O2/c1-4-21-19(22-7-10-23-9-6-20-14-23)24-8-5-15-11-17(25-2)18(26-3)12-16(15)13-24/h6,9,11-12,14H,4-5,7-8,10,13H2,1-3H3,(H,21,22). The van der Waals surface area contributed by atoms with E-state index in [1.54, 1.807) is 20.4 Å². The van der Waals surface area contributed by atoms with Crippen molar-refractivity contribution >= 4 is 5.96 Å². The highest BCUT2D eigenvalue weighted by Gasteiger charge is 2.21. The third-order valence-electron chi connectivity index (χ3n) is 4.53. The highest BCUT2D eigenvalue weighted by molar-refractivity contribution is 5.80. The zero-order chi connectivity index (χ0) is 18.4. The molecule has 2 heterocycles. The predicted octanol–water partition coefficient (Wildman–Crippen LogP) is 1.92. The number of hydrogen-bond acceptors (Lipinski definition) is 4. The molecule has 26 heavy (non-hydrogen) atoms. The van der Waals surface area contributed by atoms with Gasteiger partial charge in [0.1, 0.15) is 0 Å². The van der Waals surface area contributed by atoms with Crippen LogP contribution in [-0.2, 0) is 19.5 Å². The second-order valence-electron chi connectivity index (χ2n) is 6.18. The molecule has 0 spiro atoms. The van der Waals surface area contributed by atoms with Gasteiger partial charge < -0.3 is 24.3 Å². The molecule has 0 aliphatic carbocycles. The van der Waals surface area contributed by atoms with Crippen LogP contribution in [0.1, 0.15) is 18.1 Å². The third-order valence-corrected chi connectivity index (χ3v) is 4.53. The highest BCUT2D eigenvalue weighted by Crippen LogP contribution is 2.33. The zero-order valence-corrected chi connectivity index (χ0v) is 15.7. The molecule has 1 aliphatic heterocycles. The molecule has 0 atom stereocenters. The largest absolute Gasteiger partial charge is 0.493 e. The van der Waals surface area contributed by atoms with E-state index in [0.717, 1.165) is 50.1 Å². The number of nitrogens with one attached hydrogen (secondary N) is 1. The van der Waals surface area contributed by atoms with Gasteiger partial charge in [0.05, 0.1) is 27.1 Å². The Morgan fingerprint density at radius 1 is 1.23 bits per heavy atom. The molecule has 0 amide bonds. The average Bonchev–Trinajstić information content (AvgIpc) is 3.19. The second-order valence-corrected chi connectivity index (χ2v) is 6.18. The molecule has 7 nitrogen and oxygen atoms in total. The Hall–Kier alpha value is -2.70. The summed E-state index contributed by atoms with van der Waals surface area (Å²) in [6.45, 7) is 6.22. The van der Waals surface area contributed by atoms with E-state index in [0.29, 0.717) is 6.54 Å². The number of rotatable bonds is 6. The van der Waals surface area contributed by atoms with Crippen LogP contribution in [0.25, 0.3) is 0 Å². The Morgan fingerprint density at radius 3 is 2.65 bits per heavy atom. The van der Waals surface area contributed by atoms with Gasteiger partial charge in [-0.2, -0.15) is 0 Å². The summed E-state index contributed by atoms with van der Waals surface area (Å²) >= 11 is 0. The SMILES string of the molecule is CCNC(=NCCn1ccnc1)N1CCc2cc(OC)c(OC)cc2C1. The Labute approximate surface area is 154 Å². The fraction of sp³-hybridized carbons (Fsp3) is 0.474. The van der Waals surface area contributed by atoms with Crippen molar-refractivity contribution in [1.82, 2.24) is 19.8 Å². The molecule has 2 aromatic rings. The number of benzene rings is 1. The van der Waals surface area contributed by atoms with Crippen molar-refractivity contribution in [3.8, 4) is 11.5 Å². The number of fused-ring (bicyclic) bond motifs is 1. The van der Waals surface area contributed by atoms with Gasteiger partial charge in [0.2, 0.25) is 0 Å². The number of aliphatic imine (C=N–C) groups is 1. The van der Waals surface area contributed by atoms with Crippen molar-refractivity contribution in [2.45, 2.75) is 26.4 Å². The van der Waals surface area contributed by atoms with E-state index in [9.17, 15) is 0 Å². The summed E-state index contributed by atoms with van der Waals surface area (Å²) in [5, 5.41) is 3.41. The van der Waals surface area contributed by atoms with E-state index in [1.165, 1.54) is 11.1 Å². The maximum absolute atomic E-state index is 5.45. The van der Waals surface area contributed by atoms with Crippen LogP contribution in [0.4, 0.5) is 0 Å². The molecule has 1 N–H and O–H groups in total. The van der Waals surface area contributed by atoms with Crippen molar-refractivity contribution in [3.63, 3.8) is 0 Å². The lowest BCUT2D eigenvalue weighted by Gasteiger charge is -2.32. The van der Waals surface area contributed by atoms with E-state index in [4.69, 9.17) is 14.5 Å². The lowest BCUT2D eigenvalue weighted by molar-refractivity contribution is 0.346. The molecule has 0 unspecified atom stereocenters. The minimum atomic E-state index is 0.716. The van der Waals surface area contributed by atoms with Crippen molar-refractivity contribution in [2.75, 3.05) is 33.9 Å². The first-order valence-corrected chi connectivity index (χ1v) is 8.98. The van der Waals surface area contributed by atoms with E-state index in [1.807, 2.05) is 17.1 Å². The molecular weight excluding hydrogens is 330 g/mol. The molecule has 1 aliphatic rings. The fourth-order valence-electron chi connectivity index (χ4n) is 3.18. The van der Waals surface area contributed by atoms with Gasteiger partial charge >= 0.3 is 0 Å². The van der Waals surface area contributed by atoms with Gasteiger partial charge in [-0.1, -0.05) is 0 Å². The van der Waals surface area contributed by atoms with Crippen LogP contribution >= 0.6 is 0 Å². The number of methoxy groups -OCH3 is 2. The average molecular weight is 357 g/mol. The summed E-state index contributed by atoms with van der Waals surface area (Å²) in [4.78, 5) is 11.2. The van der Waals surface area contributed by atoms with Crippen molar-refractivity contribution in [3.05, 3.63) is 42.0 Å². The molecule has 0 saturated carbocycles. The topological polar surface area (TPSA) is 63.9 Å². The summed E-state index contributed by atoms with van der Waals surface area (Å²) in [7, 11) is 3.35. The molecule has 3 rings (SSSR count). The Balaban J connectivity index is 1.73. The predicted molar refractivity (Wildman–Crippen MR) is 102 cm³/mol. The molecule has 0 radical (unpaired) electrons. The number of aromatic nitrogens is 2. The Bertz CT molecular complexity index is 743. The molecule has 1 aromatic carbocycles. The summed E-state index contributed by atoms with van der Waals surface area (Å²) in [5.41, 5.74) is 2.57. The number of ether oxygens (including phenoxy) is 2. The summed E-state index contributed by atoms with van der Waals surface area (Å²) in [6, 6.07) is 4.17. The van der Waals surface area contributed by atoms with E-state index in [2.05, 4.69) is 34.3 Å². The molecule has 1 aromatic heterocycles. The monoisotopic (exact) mass is 357 g/mol. The minimum absolute atomic E-state index is 0.716. The van der Waals surface area contributed by atoms with Crippen LogP contribution in [0.2, 0.25) is 0 Å².